The summed E-state index contributed by atoms with van der Waals surface area (Å²) in [6.45, 7) is 15.1. The Labute approximate surface area is 257 Å². The first kappa shape index (κ1) is 32.1. The van der Waals surface area contributed by atoms with Crippen LogP contribution < -0.4 is 4.90 Å². The molecule has 2 fully saturated rings. The van der Waals surface area contributed by atoms with Crippen molar-refractivity contribution in [2.24, 2.45) is 11.8 Å². The summed E-state index contributed by atoms with van der Waals surface area (Å²) >= 11 is 2.08. The Morgan fingerprint density at radius 2 is 1.24 bits per heavy atom. The van der Waals surface area contributed by atoms with Gasteiger partial charge in [0.25, 0.3) is 5.91 Å². The van der Waals surface area contributed by atoms with Crippen molar-refractivity contribution >= 4 is 23.4 Å². The second-order valence-electron chi connectivity index (χ2n) is 12.3. The van der Waals surface area contributed by atoms with E-state index in [0.29, 0.717) is 37.8 Å². The van der Waals surface area contributed by atoms with E-state index >= 15 is 0 Å². The number of piperazine rings is 1. The van der Waals surface area contributed by atoms with Crippen LogP contribution in [0.15, 0.2) is 72.8 Å². The monoisotopic (exact) mass is 589 g/mol. The third kappa shape index (κ3) is 9.88. The molecular weight excluding hydrogens is 541 g/mol. The summed E-state index contributed by atoms with van der Waals surface area (Å²) < 4.78 is 13.9. The number of hydrogen-bond acceptors (Lipinski definition) is 4. The van der Waals surface area contributed by atoms with Gasteiger partial charge in [0.15, 0.2) is 0 Å². The number of amides is 1. The van der Waals surface area contributed by atoms with E-state index in [9.17, 15) is 9.18 Å². The van der Waals surface area contributed by atoms with E-state index in [4.69, 9.17) is 0 Å². The lowest BCUT2D eigenvalue weighted by molar-refractivity contribution is 0.0746. The minimum Gasteiger partial charge on any atom is -0.366 e. The van der Waals surface area contributed by atoms with Crippen molar-refractivity contribution < 1.29 is 9.18 Å². The van der Waals surface area contributed by atoms with E-state index in [2.05, 4.69) is 68.6 Å². The molecule has 226 valence electrons. The number of benzene rings is 3. The molecule has 4 nitrogen and oxygen atoms in total. The normalized spacial score (nSPS) is 16.0. The summed E-state index contributed by atoms with van der Waals surface area (Å²) in [4.78, 5) is 19.1. The topological polar surface area (TPSA) is 26.8 Å². The molecule has 1 amide bonds. The lowest BCUT2D eigenvalue weighted by Crippen LogP contribution is -2.49. The molecule has 0 radical (unpaired) electrons. The predicted octanol–water partition coefficient (Wildman–Crippen LogP) is 7.42. The maximum absolute atomic E-state index is 13.9. The zero-order valence-corrected chi connectivity index (χ0v) is 26.7. The Morgan fingerprint density at radius 1 is 0.714 bits per heavy atom. The van der Waals surface area contributed by atoms with Crippen molar-refractivity contribution in [3.63, 3.8) is 0 Å². The van der Waals surface area contributed by atoms with Crippen molar-refractivity contribution in [1.82, 2.24) is 9.80 Å². The molecule has 2 heterocycles. The number of carbonyl (C=O) groups is 1. The van der Waals surface area contributed by atoms with E-state index < -0.39 is 0 Å². The number of nitrogens with zero attached hydrogens (tertiary/aromatic N) is 3. The van der Waals surface area contributed by atoms with Crippen LogP contribution in [0.1, 0.15) is 54.7 Å². The van der Waals surface area contributed by atoms with Gasteiger partial charge in [-0.2, -0.15) is 11.8 Å². The fourth-order valence-electron chi connectivity index (χ4n) is 5.57. The molecule has 6 heteroatoms. The number of para-hydroxylation sites is 1. The molecule has 0 spiro atoms. The highest BCUT2D eigenvalue weighted by molar-refractivity contribution is 7.99. The maximum atomic E-state index is 13.9. The Bertz CT molecular complexity index is 1230. The molecule has 0 N–H and O–H groups in total. The van der Waals surface area contributed by atoms with E-state index in [-0.39, 0.29) is 11.7 Å². The fourth-order valence-corrected chi connectivity index (χ4v) is 6.54. The number of carbonyl (C=O) groups excluding carboxylic acids is 1. The molecule has 3 aromatic carbocycles. The third-order valence-corrected chi connectivity index (χ3v) is 8.72. The Hall–Kier alpha value is -2.83. The van der Waals surface area contributed by atoms with Crippen LogP contribution in [0.2, 0.25) is 0 Å². The lowest BCUT2D eigenvalue weighted by Gasteiger charge is -2.36. The van der Waals surface area contributed by atoms with Crippen LogP contribution in [-0.2, 0) is 19.4 Å². The first-order valence-corrected chi connectivity index (χ1v) is 16.7. The van der Waals surface area contributed by atoms with Crippen molar-refractivity contribution in [2.75, 3.05) is 55.7 Å². The quantitative estimate of drug-likeness (QED) is 0.273. The van der Waals surface area contributed by atoms with Crippen LogP contribution in [-0.4, -0.2) is 66.5 Å². The zero-order chi connectivity index (χ0) is 29.9. The maximum Gasteiger partial charge on any atom is 0.253 e. The molecule has 0 aliphatic carbocycles. The van der Waals surface area contributed by atoms with Gasteiger partial charge in [-0.05, 0) is 65.6 Å². The molecule has 42 heavy (non-hydrogen) atoms. The van der Waals surface area contributed by atoms with E-state index in [1.807, 2.05) is 40.1 Å². The SMILES string of the molecule is CC(C)Cc1ccc(C(=O)N2CCN(c3ccccc3F)CC2)cc1.CC(C)Cc1ccc(CN2CCSCC2)cc1. The number of halogens is 1. The molecule has 5 rings (SSSR count). The molecule has 2 aliphatic rings. The summed E-state index contributed by atoms with van der Waals surface area (Å²) in [5.74, 6) is 3.80. The Balaban J connectivity index is 0.000000208. The average molecular weight is 590 g/mol. The van der Waals surface area contributed by atoms with Gasteiger partial charge < -0.3 is 9.80 Å². The fraction of sp³-hybridized carbons (Fsp3) is 0.472. The zero-order valence-electron chi connectivity index (χ0n) is 25.9. The smallest absolute Gasteiger partial charge is 0.253 e. The highest BCUT2D eigenvalue weighted by Gasteiger charge is 2.23. The standard InChI is InChI=1S/C21H25FN2O.C15H23NS/c1-16(2)15-17-7-9-18(10-8-17)21(25)24-13-11-23(12-14-24)20-6-4-3-5-19(20)22;1-13(2)11-14-3-5-15(6-4-14)12-16-7-9-17-10-8-16/h3-10,16H,11-15H2,1-2H3;3-6,13H,7-12H2,1-2H3. The van der Waals surface area contributed by atoms with E-state index in [1.54, 1.807) is 12.1 Å². The van der Waals surface area contributed by atoms with E-state index in [0.717, 1.165) is 24.4 Å². The van der Waals surface area contributed by atoms with Crippen LogP contribution in [0.3, 0.4) is 0 Å². The third-order valence-electron chi connectivity index (χ3n) is 7.78. The van der Waals surface area contributed by atoms with Crippen LogP contribution in [0.4, 0.5) is 10.1 Å². The summed E-state index contributed by atoms with van der Waals surface area (Å²) in [6.07, 6.45) is 2.22. The van der Waals surface area contributed by atoms with Gasteiger partial charge in [-0.1, -0.05) is 76.2 Å². The van der Waals surface area contributed by atoms with E-state index in [1.165, 1.54) is 53.8 Å². The van der Waals surface area contributed by atoms with Crippen molar-refractivity contribution in [2.45, 2.75) is 47.1 Å². The van der Waals surface area contributed by atoms with Gasteiger partial charge in [-0.15, -0.1) is 0 Å². The second kappa shape index (κ2) is 16.1. The van der Waals surface area contributed by atoms with Gasteiger partial charge in [0.05, 0.1) is 5.69 Å². The predicted molar refractivity (Wildman–Crippen MR) is 177 cm³/mol. The van der Waals surface area contributed by atoms with Gasteiger partial charge in [-0.3, -0.25) is 9.69 Å². The van der Waals surface area contributed by atoms with Gasteiger partial charge >= 0.3 is 0 Å². The minimum atomic E-state index is -0.206. The Kier molecular flexibility index (Phi) is 12.3. The molecule has 0 aromatic heterocycles. The van der Waals surface area contributed by atoms with Gasteiger partial charge in [0.2, 0.25) is 0 Å². The van der Waals surface area contributed by atoms with Crippen LogP contribution >= 0.6 is 11.8 Å². The Morgan fingerprint density at radius 3 is 1.79 bits per heavy atom. The summed E-state index contributed by atoms with van der Waals surface area (Å²) in [6, 6.07) is 23.9. The van der Waals surface area contributed by atoms with Crippen LogP contribution in [0.5, 0.6) is 0 Å². The van der Waals surface area contributed by atoms with Gasteiger partial charge in [0.1, 0.15) is 5.82 Å². The summed E-state index contributed by atoms with van der Waals surface area (Å²) in [7, 11) is 0. The molecule has 3 aromatic rings. The first-order chi connectivity index (χ1) is 20.3. The largest absolute Gasteiger partial charge is 0.366 e. The van der Waals surface area contributed by atoms with Gasteiger partial charge in [-0.25, -0.2) is 4.39 Å². The lowest BCUT2D eigenvalue weighted by atomic mass is 10.0. The van der Waals surface area contributed by atoms with Crippen molar-refractivity contribution in [3.05, 3.63) is 101 Å². The molecule has 0 unspecified atom stereocenters. The molecule has 0 atom stereocenters. The molecule has 0 saturated carbocycles. The van der Waals surface area contributed by atoms with Crippen LogP contribution in [0.25, 0.3) is 0 Å². The van der Waals surface area contributed by atoms with Crippen LogP contribution in [0, 0.1) is 17.7 Å². The number of rotatable bonds is 8. The second-order valence-corrected chi connectivity index (χ2v) is 13.6. The highest BCUT2D eigenvalue weighted by atomic mass is 32.2. The molecule has 2 aliphatic heterocycles. The number of anilines is 1. The number of hydrogen-bond donors (Lipinski definition) is 0. The van der Waals surface area contributed by atoms with Crippen molar-refractivity contribution in [3.8, 4) is 0 Å². The molecule has 2 saturated heterocycles. The summed E-state index contributed by atoms with van der Waals surface area (Å²) in [5.41, 5.74) is 5.54. The van der Waals surface area contributed by atoms with Gasteiger partial charge in [0, 0.05) is 62.9 Å². The highest BCUT2D eigenvalue weighted by Crippen LogP contribution is 2.21. The minimum absolute atomic E-state index is 0.0595. The number of thioether (sulfide) groups is 1. The summed E-state index contributed by atoms with van der Waals surface area (Å²) in [5, 5.41) is 0. The average Bonchev–Trinajstić information content (AvgIpc) is 2.99. The van der Waals surface area contributed by atoms with Crippen molar-refractivity contribution in [1.29, 1.82) is 0 Å². The molecule has 0 bridgehead atoms. The molecular formula is C36H48FN3OS. The first-order valence-electron chi connectivity index (χ1n) is 15.5.